The van der Waals surface area contributed by atoms with E-state index in [4.69, 9.17) is 18.8 Å². The second-order valence-corrected chi connectivity index (χ2v) is 12.8. The molecular weight excluding hydrogens is 641 g/mol. The lowest BCUT2D eigenvalue weighted by molar-refractivity contribution is 0.619. The van der Waals surface area contributed by atoms with Crippen molar-refractivity contribution in [2.24, 2.45) is 0 Å². The van der Waals surface area contributed by atoms with Gasteiger partial charge in [0.05, 0.1) is 33.9 Å². The Bertz CT molecular complexity index is 2580. The molecule has 0 amide bonds. The molecule has 0 bridgehead atoms. The summed E-state index contributed by atoms with van der Waals surface area (Å²) < 4.78 is 13.5. The molecule has 10 rings (SSSR count). The number of aromatic nitrogens is 2. The molecule has 0 fully saturated rings. The van der Waals surface area contributed by atoms with Crippen LogP contribution in [-0.2, 0) is 0 Å². The number of rotatable bonds is 6. The topological polar surface area (TPSA) is 58.5 Å². The van der Waals surface area contributed by atoms with Gasteiger partial charge in [0.1, 0.15) is 11.0 Å². The first-order chi connectivity index (χ1) is 25.8. The molecule has 6 nitrogen and oxygen atoms in total. The SMILES string of the molecule is CCN1c2ccccc2N(c2ccc(-c3c4nc(-c5ccccc5)oc4c(-c4ccccc4)c4nc(-c5ccccc5)oc34)cc2)c2ccccc21. The zero-order chi connectivity index (χ0) is 34.6. The van der Waals surface area contributed by atoms with Crippen LogP contribution in [0.1, 0.15) is 6.92 Å². The van der Waals surface area contributed by atoms with Gasteiger partial charge in [-0.3, -0.25) is 0 Å². The molecule has 0 unspecified atom stereocenters. The molecular formula is C46H32N4O2. The third-order valence-corrected chi connectivity index (χ3v) is 9.84. The number of anilines is 5. The normalized spacial score (nSPS) is 12.3. The van der Waals surface area contributed by atoms with Gasteiger partial charge in [0.2, 0.25) is 11.8 Å². The summed E-state index contributed by atoms with van der Waals surface area (Å²) in [5.41, 5.74) is 13.9. The Labute approximate surface area is 300 Å². The standard InChI is InChI=1S/C46H32N4O2/c1-2-49-35-22-12-14-24-37(35)50(38-25-15-13-23-36(38)49)34-28-26-31(27-29-34)40-42-43(51-46(48-42)33-20-10-5-11-21-33)39(30-16-6-3-7-17-30)41-44(40)52-45(47-41)32-18-8-4-9-19-32/h3-29H,2H2,1H3. The lowest BCUT2D eigenvalue weighted by Crippen LogP contribution is -2.26. The van der Waals surface area contributed by atoms with Crippen LogP contribution in [0.4, 0.5) is 28.4 Å². The molecule has 0 N–H and O–H groups in total. The van der Waals surface area contributed by atoms with Crippen molar-refractivity contribution in [2.75, 3.05) is 16.3 Å². The molecule has 52 heavy (non-hydrogen) atoms. The Morgan fingerprint density at radius 1 is 0.423 bits per heavy atom. The molecule has 6 heteroatoms. The van der Waals surface area contributed by atoms with Crippen molar-refractivity contribution in [1.82, 2.24) is 9.97 Å². The van der Waals surface area contributed by atoms with Crippen LogP contribution in [0.5, 0.6) is 0 Å². The minimum absolute atomic E-state index is 0.545. The summed E-state index contributed by atoms with van der Waals surface area (Å²) >= 11 is 0. The predicted molar refractivity (Wildman–Crippen MR) is 211 cm³/mol. The molecule has 0 aliphatic carbocycles. The summed E-state index contributed by atoms with van der Waals surface area (Å²) in [6, 6.07) is 56.2. The number of fused-ring (bicyclic) bond motifs is 4. The van der Waals surface area contributed by atoms with Gasteiger partial charge < -0.3 is 18.6 Å². The highest BCUT2D eigenvalue weighted by atomic mass is 16.4. The second-order valence-electron chi connectivity index (χ2n) is 12.8. The zero-order valence-electron chi connectivity index (χ0n) is 28.4. The van der Waals surface area contributed by atoms with Gasteiger partial charge in [0, 0.05) is 23.4 Å². The first-order valence-electron chi connectivity index (χ1n) is 17.6. The van der Waals surface area contributed by atoms with Gasteiger partial charge in [-0.15, -0.1) is 0 Å². The van der Waals surface area contributed by atoms with Crippen LogP contribution >= 0.6 is 0 Å². The number of hydrogen-bond donors (Lipinski definition) is 0. The van der Waals surface area contributed by atoms with E-state index in [0.29, 0.717) is 22.9 Å². The molecule has 0 saturated carbocycles. The Hall–Kier alpha value is -6.92. The molecule has 9 aromatic rings. The molecule has 0 radical (unpaired) electrons. The summed E-state index contributed by atoms with van der Waals surface area (Å²) in [5, 5.41) is 0. The van der Waals surface area contributed by atoms with E-state index in [-0.39, 0.29) is 0 Å². The van der Waals surface area contributed by atoms with Gasteiger partial charge in [-0.1, -0.05) is 103 Å². The number of oxazole rings is 2. The van der Waals surface area contributed by atoms with E-state index >= 15 is 0 Å². The van der Waals surface area contributed by atoms with Gasteiger partial charge >= 0.3 is 0 Å². The maximum atomic E-state index is 6.78. The van der Waals surface area contributed by atoms with Crippen molar-refractivity contribution in [1.29, 1.82) is 0 Å². The maximum Gasteiger partial charge on any atom is 0.227 e. The third kappa shape index (κ3) is 4.72. The van der Waals surface area contributed by atoms with E-state index in [1.54, 1.807) is 0 Å². The van der Waals surface area contributed by atoms with Crippen LogP contribution in [0, 0.1) is 0 Å². The summed E-state index contributed by atoms with van der Waals surface area (Å²) in [5.74, 6) is 1.09. The minimum Gasteiger partial charge on any atom is -0.435 e. The van der Waals surface area contributed by atoms with Crippen LogP contribution < -0.4 is 9.80 Å². The Balaban J connectivity index is 1.22. The summed E-state index contributed by atoms with van der Waals surface area (Å²) in [6.07, 6.45) is 0. The Kier molecular flexibility index (Phi) is 6.99. The largest absolute Gasteiger partial charge is 0.435 e. The minimum atomic E-state index is 0.545. The summed E-state index contributed by atoms with van der Waals surface area (Å²) in [4.78, 5) is 15.1. The first kappa shape index (κ1) is 29.9. The van der Waals surface area contributed by atoms with E-state index in [0.717, 1.165) is 68.0 Å². The van der Waals surface area contributed by atoms with Crippen molar-refractivity contribution >= 4 is 50.6 Å². The maximum absolute atomic E-state index is 6.78. The molecule has 0 spiro atoms. The Morgan fingerprint density at radius 2 is 0.808 bits per heavy atom. The first-order valence-corrected chi connectivity index (χ1v) is 17.6. The molecule has 1 aliphatic rings. The van der Waals surface area contributed by atoms with Gasteiger partial charge in [0.25, 0.3) is 0 Å². The average molecular weight is 673 g/mol. The lowest BCUT2D eigenvalue weighted by Gasteiger charge is -2.39. The van der Waals surface area contributed by atoms with Crippen molar-refractivity contribution in [3.05, 3.63) is 164 Å². The molecule has 0 atom stereocenters. The predicted octanol–water partition coefficient (Wildman–Crippen LogP) is 12.6. The summed E-state index contributed by atoms with van der Waals surface area (Å²) in [7, 11) is 0. The van der Waals surface area contributed by atoms with E-state index in [9.17, 15) is 0 Å². The molecule has 2 aromatic heterocycles. The fourth-order valence-corrected chi connectivity index (χ4v) is 7.50. The van der Waals surface area contributed by atoms with Gasteiger partial charge in [-0.2, -0.15) is 0 Å². The van der Waals surface area contributed by atoms with E-state index in [1.807, 2.05) is 78.9 Å². The highest BCUT2D eigenvalue weighted by Crippen LogP contribution is 2.52. The van der Waals surface area contributed by atoms with Crippen molar-refractivity contribution < 1.29 is 8.83 Å². The number of benzene rings is 7. The van der Waals surface area contributed by atoms with Gasteiger partial charge in [-0.05, 0) is 78.7 Å². The molecule has 3 heterocycles. The van der Waals surface area contributed by atoms with Crippen LogP contribution in [-0.4, -0.2) is 16.5 Å². The molecule has 7 aromatic carbocycles. The van der Waals surface area contributed by atoms with Crippen molar-refractivity contribution in [3.63, 3.8) is 0 Å². The molecule has 1 aliphatic heterocycles. The number of nitrogens with zero attached hydrogens (tertiary/aromatic N) is 4. The molecule has 248 valence electrons. The summed E-state index contributed by atoms with van der Waals surface area (Å²) in [6.45, 7) is 3.07. The van der Waals surface area contributed by atoms with Crippen LogP contribution in [0.3, 0.4) is 0 Å². The van der Waals surface area contributed by atoms with Crippen molar-refractivity contribution in [2.45, 2.75) is 6.92 Å². The highest BCUT2D eigenvalue weighted by molar-refractivity contribution is 6.16. The van der Waals surface area contributed by atoms with Gasteiger partial charge in [-0.25, -0.2) is 9.97 Å². The molecule has 0 saturated heterocycles. The van der Waals surface area contributed by atoms with Gasteiger partial charge in [0.15, 0.2) is 11.2 Å². The van der Waals surface area contributed by atoms with Crippen molar-refractivity contribution in [3.8, 4) is 45.2 Å². The second kappa shape index (κ2) is 12.1. The van der Waals surface area contributed by atoms with Crippen LogP contribution in [0.25, 0.3) is 67.4 Å². The Morgan fingerprint density at radius 3 is 1.25 bits per heavy atom. The number of hydrogen-bond acceptors (Lipinski definition) is 6. The zero-order valence-corrected chi connectivity index (χ0v) is 28.4. The van der Waals surface area contributed by atoms with E-state index in [2.05, 4.69) is 102 Å². The highest BCUT2D eigenvalue weighted by Gasteiger charge is 2.30. The fraction of sp³-hybridized carbons (Fsp3) is 0.0435. The fourth-order valence-electron chi connectivity index (χ4n) is 7.50. The van der Waals surface area contributed by atoms with Crippen LogP contribution in [0.15, 0.2) is 173 Å². The van der Waals surface area contributed by atoms with E-state index in [1.165, 1.54) is 11.4 Å². The number of para-hydroxylation sites is 4. The quantitative estimate of drug-likeness (QED) is 0.175. The lowest BCUT2D eigenvalue weighted by atomic mass is 9.96. The van der Waals surface area contributed by atoms with E-state index < -0.39 is 0 Å². The smallest absolute Gasteiger partial charge is 0.227 e. The third-order valence-electron chi connectivity index (χ3n) is 9.84. The monoisotopic (exact) mass is 672 g/mol. The van der Waals surface area contributed by atoms with Crippen LogP contribution in [0.2, 0.25) is 0 Å². The average Bonchev–Trinajstić information content (AvgIpc) is 3.86.